The van der Waals surface area contributed by atoms with Crippen LogP contribution in [0.3, 0.4) is 0 Å². The normalized spacial score (nSPS) is 14.0. The first kappa shape index (κ1) is 13.6. The van der Waals surface area contributed by atoms with Crippen LogP contribution in [-0.2, 0) is 19.4 Å². The summed E-state index contributed by atoms with van der Waals surface area (Å²) < 4.78 is 2.20. The summed E-state index contributed by atoms with van der Waals surface area (Å²) in [7, 11) is 0. The van der Waals surface area contributed by atoms with E-state index in [9.17, 15) is 10.1 Å². The van der Waals surface area contributed by atoms with Gasteiger partial charge in [0, 0.05) is 18.3 Å². The number of nitro benzene ring substituents is 1. The van der Waals surface area contributed by atoms with Gasteiger partial charge >= 0.3 is 0 Å². The average Bonchev–Trinajstić information content (AvgIpc) is 2.75. The standard InChI is InChI=1S/C15H18N4O2/c1-10-17-13-4-2-3-5-15(13)18(10)9-11-6-7-14(19(20)21)12(16)8-11/h6-8H,2-5,9,16H2,1H3. The molecule has 0 atom stereocenters. The smallest absolute Gasteiger partial charge is 0.292 e. The minimum absolute atomic E-state index is 0.0388. The molecule has 0 saturated carbocycles. The van der Waals surface area contributed by atoms with Gasteiger partial charge in [-0.15, -0.1) is 0 Å². The van der Waals surface area contributed by atoms with Gasteiger partial charge in [0.25, 0.3) is 5.69 Å². The van der Waals surface area contributed by atoms with E-state index in [0.29, 0.717) is 6.54 Å². The predicted molar refractivity (Wildman–Crippen MR) is 80.2 cm³/mol. The zero-order valence-corrected chi connectivity index (χ0v) is 12.0. The van der Waals surface area contributed by atoms with Crippen molar-refractivity contribution in [2.75, 3.05) is 5.73 Å². The number of nitrogens with two attached hydrogens (primary N) is 1. The Morgan fingerprint density at radius 2 is 2.14 bits per heavy atom. The van der Waals surface area contributed by atoms with Crippen LogP contribution in [0.15, 0.2) is 18.2 Å². The lowest BCUT2D eigenvalue weighted by molar-refractivity contribution is -0.383. The highest BCUT2D eigenvalue weighted by Crippen LogP contribution is 2.26. The van der Waals surface area contributed by atoms with Gasteiger partial charge in [-0.1, -0.05) is 6.07 Å². The Bertz CT molecular complexity index is 706. The fourth-order valence-electron chi connectivity index (χ4n) is 3.00. The third-order valence-electron chi connectivity index (χ3n) is 4.05. The van der Waals surface area contributed by atoms with Crippen LogP contribution in [-0.4, -0.2) is 14.5 Å². The van der Waals surface area contributed by atoms with Gasteiger partial charge in [-0.05, 0) is 44.2 Å². The molecule has 1 aromatic heterocycles. The molecule has 0 spiro atoms. The molecule has 1 heterocycles. The maximum Gasteiger partial charge on any atom is 0.292 e. The summed E-state index contributed by atoms with van der Waals surface area (Å²) in [5.41, 5.74) is 9.40. The predicted octanol–water partition coefficient (Wildman–Crippen LogP) is 2.61. The molecule has 110 valence electrons. The summed E-state index contributed by atoms with van der Waals surface area (Å²) in [5, 5.41) is 10.8. The van der Waals surface area contributed by atoms with E-state index in [1.807, 2.05) is 6.92 Å². The zero-order chi connectivity index (χ0) is 15.0. The summed E-state index contributed by atoms with van der Waals surface area (Å²) >= 11 is 0. The highest BCUT2D eigenvalue weighted by atomic mass is 16.6. The molecule has 21 heavy (non-hydrogen) atoms. The first-order valence-corrected chi connectivity index (χ1v) is 7.14. The second-order valence-corrected chi connectivity index (χ2v) is 5.50. The van der Waals surface area contributed by atoms with Crippen molar-refractivity contribution < 1.29 is 4.92 Å². The largest absolute Gasteiger partial charge is 0.393 e. The van der Waals surface area contributed by atoms with Crippen molar-refractivity contribution in [3.63, 3.8) is 0 Å². The average molecular weight is 286 g/mol. The number of imidazole rings is 1. The van der Waals surface area contributed by atoms with E-state index in [2.05, 4.69) is 9.55 Å². The summed E-state index contributed by atoms with van der Waals surface area (Å²) in [5.74, 6) is 0.999. The van der Waals surface area contributed by atoms with Crippen LogP contribution in [0, 0.1) is 17.0 Å². The van der Waals surface area contributed by atoms with E-state index < -0.39 is 4.92 Å². The van der Waals surface area contributed by atoms with E-state index >= 15 is 0 Å². The summed E-state index contributed by atoms with van der Waals surface area (Å²) in [4.78, 5) is 15.0. The lowest BCUT2D eigenvalue weighted by atomic mass is 10.0. The molecule has 0 radical (unpaired) electrons. The Kier molecular flexibility index (Phi) is 3.37. The number of hydrogen-bond donors (Lipinski definition) is 1. The van der Waals surface area contributed by atoms with Gasteiger partial charge in [-0.3, -0.25) is 10.1 Å². The lowest BCUT2D eigenvalue weighted by Gasteiger charge is -2.15. The summed E-state index contributed by atoms with van der Waals surface area (Å²) in [6.45, 7) is 2.67. The monoisotopic (exact) mass is 286 g/mol. The fraction of sp³-hybridized carbons (Fsp3) is 0.400. The van der Waals surface area contributed by atoms with Gasteiger partial charge in [0.2, 0.25) is 0 Å². The molecule has 0 fully saturated rings. The molecule has 0 aliphatic heterocycles. The summed E-state index contributed by atoms with van der Waals surface area (Å²) in [6, 6.07) is 4.93. The van der Waals surface area contributed by atoms with Gasteiger partial charge in [-0.25, -0.2) is 4.98 Å². The molecular weight excluding hydrogens is 268 g/mol. The van der Waals surface area contributed by atoms with Crippen LogP contribution < -0.4 is 5.73 Å². The van der Waals surface area contributed by atoms with Crippen LogP contribution in [0.4, 0.5) is 11.4 Å². The van der Waals surface area contributed by atoms with E-state index in [4.69, 9.17) is 5.73 Å². The molecule has 0 amide bonds. The Balaban J connectivity index is 1.92. The van der Waals surface area contributed by atoms with Gasteiger partial charge in [-0.2, -0.15) is 0 Å². The number of benzene rings is 1. The minimum Gasteiger partial charge on any atom is -0.393 e. The number of rotatable bonds is 3. The van der Waals surface area contributed by atoms with Gasteiger partial charge < -0.3 is 10.3 Å². The van der Waals surface area contributed by atoms with Crippen LogP contribution in [0.1, 0.15) is 35.6 Å². The number of aryl methyl sites for hydroxylation is 2. The van der Waals surface area contributed by atoms with Gasteiger partial charge in [0.05, 0.1) is 10.6 Å². The highest BCUT2D eigenvalue weighted by Gasteiger charge is 2.18. The van der Waals surface area contributed by atoms with Crippen molar-refractivity contribution >= 4 is 11.4 Å². The molecule has 2 aromatic rings. The Morgan fingerprint density at radius 1 is 1.38 bits per heavy atom. The molecule has 0 unspecified atom stereocenters. The second-order valence-electron chi connectivity index (χ2n) is 5.50. The van der Waals surface area contributed by atoms with Crippen molar-refractivity contribution in [1.29, 1.82) is 0 Å². The Hall–Kier alpha value is -2.37. The number of nitrogen functional groups attached to an aromatic ring is 1. The van der Waals surface area contributed by atoms with Crippen molar-refractivity contribution in [1.82, 2.24) is 9.55 Å². The lowest BCUT2D eigenvalue weighted by Crippen LogP contribution is -2.10. The zero-order valence-electron chi connectivity index (χ0n) is 12.0. The number of anilines is 1. The third kappa shape index (κ3) is 2.49. The van der Waals surface area contributed by atoms with Crippen LogP contribution in [0.25, 0.3) is 0 Å². The fourth-order valence-corrected chi connectivity index (χ4v) is 3.00. The quantitative estimate of drug-likeness (QED) is 0.533. The van der Waals surface area contributed by atoms with Crippen LogP contribution >= 0.6 is 0 Å². The third-order valence-corrected chi connectivity index (χ3v) is 4.05. The van der Waals surface area contributed by atoms with Crippen molar-refractivity contribution in [3.05, 3.63) is 51.1 Å². The first-order valence-electron chi connectivity index (χ1n) is 7.14. The van der Waals surface area contributed by atoms with Crippen LogP contribution in [0.5, 0.6) is 0 Å². The van der Waals surface area contributed by atoms with E-state index in [0.717, 1.165) is 24.2 Å². The maximum atomic E-state index is 10.8. The Labute approximate surface area is 122 Å². The maximum absolute atomic E-state index is 10.8. The number of nitro groups is 1. The molecule has 1 aliphatic carbocycles. The number of aromatic nitrogens is 2. The molecule has 6 heteroatoms. The number of nitrogens with zero attached hydrogens (tertiary/aromatic N) is 3. The van der Waals surface area contributed by atoms with Crippen molar-refractivity contribution in [3.8, 4) is 0 Å². The van der Waals surface area contributed by atoms with Gasteiger partial charge in [0.15, 0.2) is 0 Å². The van der Waals surface area contributed by atoms with E-state index in [1.54, 1.807) is 12.1 Å². The molecule has 1 aliphatic rings. The van der Waals surface area contributed by atoms with Crippen molar-refractivity contribution in [2.24, 2.45) is 0 Å². The molecule has 3 rings (SSSR count). The molecule has 1 aromatic carbocycles. The van der Waals surface area contributed by atoms with Gasteiger partial charge in [0.1, 0.15) is 11.5 Å². The number of hydrogen-bond acceptors (Lipinski definition) is 4. The number of fused-ring (bicyclic) bond motifs is 1. The molecular formula is C15H18N4O2. The first-order chi connectivity index (χ1) is 10.1. The Morgan fingerprint density at radius 3 is 2.86 bits per heavy atom. The van der Waals surface area contributed by atoms with Crippen molar-refractivity contribution in [2.45, 2.75) is 39.2 Å². The molecule has 6 nitrogen and oxygen atoms in total. The molecule has 0 saturated heterocycles. The van der Waals surface area contributed by atoms with E-state index in [1.165, 1.54) is 30.3 Å². The highest BCUT2D eigenvalue weighted by molar-refractivity contribution is 5.59. The SMILES string of the molecule is Cc1nc2c(n1Cc1ccc([N+](=O)[O-])c(N)c1)CCCC2. The van der Waals surface area contributed by atoms with Crippen LogP contribution in [0.2, 0.25) is 0 Å². The minimum atomic E-state index is -0.455. The molecule has 2 N–H and O–H groups in total. The summed E-state index contributed by atoms with van der Waals surface area (Å²) in [6.07, 6.45) is 4.50. The van der Waals surface area contributed by atoms with E-state index in [-0.39, 0.29) is 11.4 Å². The topological polar surface area (TPSA) is 87.0 Å². The molecule has 0 bridgehead atoms. The second kappa shape index (κ2) is 5.20.